The van der Waals surface area contributed by atoms with Gasteiger partial charge in [-0.25, -0.2) is 0 Å². The predicted octanol–water partition coefficient (Wildman–Crippen LogP) is 1.44. The lowest BCUT2D eigenvalue weighted by Gasteiger charge is -2.13. The summed E-state index contributed by atoms with van der Waals surface area (Å²) in [7, 11) is 1.58. The van der Waals surface area contributed by atoms with Crippen LogP contribution in [-0.4, -0.2) is 36.7 Å². The molecule has 1 aliphatic rings. The lowest BCUT2D eigenvalue weighted by Crippen LogP contribution is -2.36. The third-order valence-electron chi connectivity index (χ3n) is 3.58. The molecule has 0 spiro atoms. The Hall–Kier alpha value is -2.24. The SMILES string of the molecule is COc1ccc(OCC(=O)N[C@@H]2CC[C@H](C(=O)O)C2)cc1. The second-order valence-corrected chi connectivity index (χ2v) is 5.08. The number of rotatable bonds is 6. The zero-order valence-electron chi connectivity index (χ0n) is 11.9. The summed E-state index contributed by atoms with van der Waals surface area (Å²) < 4.78 is 10.4. The van der Waals surface area contributed by atoms with E-state index >= 15 is 0 Å². The van der Waals surface area contributed by atoms with Crippen LogP contribution in [0.4, 0.5) is 0 Å². The molecule has 1 saturated carbocycles. The van der Waals surface area contributed by atoms with Crippen LogP contribution in [0.25, 0.3) is 0 Å². The molecule has 6 nitrogen and oxygen atoms in total. The fraction of sp³-hybridized carbons (Fsp3) is 0.467. The van der Waals surface area contributed by atoms with Gasteiger partial charge in [0, 0.05) is 6.04 Å². The van der Waals surface area contributed by atoms with Gasteiger partial charge in [0.15, 0.2) is 6.61 Å². The van der Waals surface area contributed by atoms with Gasteiger partial charge in [-0.15, -0.1) is 0 Å². The van der Waals surface area contributed by atoms with Crippen molar-refractivity contribution in [2.45, 2.75) is 25.3 Å². The van der Waals surface area contributed by atoms with Crippen LogP contribution in [0.1, 0.15) is 19.3 Å². The number of amides is 1. The number of methoxy groups -OCH3 is 1. The monoisotopic (exact) mass is 293 g/mol. The summed E-state index contributed by atoms with van der Waals surface area (Å²) >= 11 is 0. The quantitative estimate of drug-likeness (QED) is 0.829. The van der Waals surface area contributed by atoms with E-state index in [1.54, 1.807) is 31.4 Å². The fourth-order valence-electron chi connectivity index (χ4n) is 2.43. The number of carboxylic acid groups (broad SMARTS) is 1. The Bertz CT molecular complexity index is 499. The van der Waals surface area contributed by atoms with Crippen molar-refractivity contribution in [3.8, 4) is 11.5 Å². The smallest absolute Gasteiger partial charge is 0.306 e. The molecule has 1 aromatic rings. The van der Waals surface area contributed by atoms with Gasteiger partial charge in [0.1, 0.15) is 11.5 Å². The number of hydrogen-bond acceptors (Lipinski definition) is 4. The Labute approximate surface area is 123 Å². The molecule has 114 valence electrons. The highest BCUT2D eigenvalue weighted by Crippen LogP contribution is 2.25. The molecule has 2 N–H and O–H groups in total. The largest absolute Gasteiger partial charge is 0.497 e. The van der Waals surface area contributed by atoms with Gasteiger partial charge < -0.3 is 19.9 Å². The lowest BCUT2D eigenvalue weighted by molar-refractivity contribution is -0.141. The van der Waals surface area contributed by atoms with Gasteiger partial charge in [-0.3, -0.25) is 9.59 Å². The second kappa shape index (κ2) is 6.97. The van der Waals surface area contributed by atoms with Gasteiger partial charge >= 0.3 is 5.97 Å². The first-order valence-corrected chi connectivity index (χ1v) is 6.87. The number of carbonyl (C=O) groups is 2. The van der Waals surface area contributed by atoms with Gasteiger partial charge in [-0.05, 0) is 43.5 Å². The summed E-state index contributed by atoms with van der Waals surface area (Å²) in [4.78, 5) is 22.6. The van der Waals surface area contributed by atoms with Crippen LogP contribution in [0.5, 0.6) is 11.5 Å². The lowest BCUT2D eigenvalue weighted by atomic mass is 10.1. The Morgan fingerprint density at radius 3 is 2.48 bits per heavy atom. The summed E-state index contributed by atoms with van der Waals surface area (Å²) in [6.07, 6.45) is 1.80. The first kappa shape index (κ1) is 15.2. The maximum Gasteiger partial charge on any atom is 0.306 e. The Kier molecular flexibility index (Phi) is 5.03. The highest BCUT2D eigenvalue weighted by atomic mass is 16.5. The first-order valence-electron chi connectivity index (χ1n) is 6.87. The van der Waals surface area contributed by atoms with E-state index in [1.807, 2.05) is 0 Å². The average Bonchev–Trinajstić information content (AvgIpc) is 2.94. The molecule has 0 bridgehead atoms. The molecule has 0 unspecified atom stereocenters. The number of nitrogens with one attached hydrogen (secondary N) is 1. The maximum atomic E-state index is 11.8. The number of carbonyl (C=O) groups excluding carboxylic acids is 1. The molecule has 0 saturated heterocycles. The van der Waals surface area contributed by atoms with E-state index in [0.29, 0.717) is 25.0 Å². The number of benzene rings is 1. The molecular formula is C15H19NO5. The Morgan fingerprint density at radius 2 is 1.90 bits per heavy atom. The van der Waals surface area contributed by atoms with Gasteiger partial charge in [0.2, 0.25) is 0 Å². The molecule has 1 fully saturated rings. The third-order valence-corrected chi connectivity index (χ3v) is 3.58. The summed E-state index contributed by atoms with van der Waals surface area (Å²) in [5, 5.41) is 11.7. The molecule has 2 atom stereocenters. The summed E-state index contributed by atoms with van der Waals surface area (Å²) in [5.74, 6) is -0.0702. The van der Waals surface area contributed by atoms with Crippen molar-refractivity contribution in [2.75, 3.05) is 13.7 Å². The number of ether oxygens (including phenoxy) is 2. The van der Waals surface area contributed by atoms with Crippen LogP contribution in [0.3, 0.4) is 0 Å². The number of aliphatic carboxylic acids is 1. The Balaban J connectivity index is 1.73. The highest BCUT2D eigenvalue weighted by molar-refractivity contribution is 5.78. The van der Waals surface area contributed by atoms with E-state index in [9.17, 15) is 9.59 Å². The van der Waals surface area contributed by atoms with Crippen LogP contribution in [0.2, 0.25) is 0 Å². The van der Waals surface area contributed by atoms with Crippen molar-refractivity contribution in [2.24, 2.45) is 5.92 Å². The van der Waals surface area contributed by atoms with Crippen LogP contribution >= 0.6 is 0 Å². The summed E-state index contributed by atoms with van der Waals surface area (Å²) in [6, 6.07) is 6.88. The zero-order valence-corrected chi connectivity index (χ0v) is 11.9. The standard InChI is InChI=1S/C15H19NO5/c1-20-12-4-6-13(7-5-12)21-9-14(17)16-11-3-2-10(8-11)15(18)19/h4-7,10-11H,2-3,8-9H2,1H3,(H,16,17)(H,18,19)/t10-,11+/m0/s1. The fourth-order valence-corrected chi connectivity index (χ4v) is 2.43. The molecule has 6 heteroatoms. The molecule has 0 aliphatic heterocycles. The Morgan fingerprint density at radius 1 is 1.24 bits per heavy atom. The minimum atomic E-state index is -0.791. The number of hydrogen-bond donors (Lipinski definition) is 2. The molecule has 21 heavy (non-hydrogen) atoms. The molecular weight excluding hydrogens is 274 g/mol. The summed E-state index contributed by atoms with van der Waals surface area (Å²) in [5.41, 5.74) is 0. The molecule has 0 aromatic heterocycles. The molecule has 0 radical (unpaired) electrons. The first-order chi connectivity index (χ1) is 10.1. The number of carboxylic acids is 1. The molecule has 1 amide bonds. The van der Waals surface area contributed by atoms with Crippen molar-refractivity contribution in [3.05, 3.63) is 24.3 Å². The summed E-state index contributed by atoms with van der Waals surface area (Å²) in [6.45, 7) is -0.0828. The van der Waals surface area contributed by atoms with Crippen molar-refractivity contribution in [3.63, 3.8) is 0 Å². The molecule has 1 aliphatic carbocycles. The maximum absolute atomic E-state index is 11.8. The van der Waals surface area contributed by atoms with Crippen molar-refractivity contribution >= 4 is 11.9 Å². The topological polar surface area (TPSA) is 84.9 Å². The third kappa shape index (κ3) is 4.37. The van der Waals surface area contributed by atoms with Crippen LogP contribution in [0.15, 0.2) is 24.3 Å². The zero-order chi connectivity index (χ0) is 15.2. The van der Waals surface area contributed by atoms with E-state index in [1.165, 1.54) is 0 Å². The van der Waals surface area contributed by atoms with E-state index in [-0.39, 0.29) is 24.5 Å². The van der Waals surface area contributed by atoms with Gasteiger partial charge in [-0.2, -0.15) is 0 Å². The predicted molar refractivity (Wildman–Crippen MR) is 75.4 cm³/mol. The highest BCUT2D eigenvalue weighted by Gasteiger charge is 2.30. The van der Waals surface area contributed by atoms with Crippen molar-refractivity contribution < 1.29 is 24.2 Å². The van der Waals surface area contributed by atoms with Crippen LogP contribution in [0, 0.1) is 5.92 Å². The second-order valence-electron chi connectivity index (χ2n) is 5.08. The van der Waals surface area contributed by atoms with E-state index < -0.39 is 5.97 Å². The van der Waals surface area contributed by atoms with Gasteiger partial charge in [0.05, 0.1) is 13.0 Å². The normalized spacial score (nSPS) is 20.8. The van der Waals surface area contributed by atoms with Crippen molar-refractivity contribution in [1.29, 1.82) is 0 Å². The molecule has 0 heterocycles. The minimum Gasteiger partial charge on any atom is -0.497 e. The van der Waals surface area contributed by atoms with Crippen LogP contribution < -0.4 is 14.8 Å². The van der Waals surface area contributed by atoms with Gasteiger partial charge in [0.25, 0.3) is 5.91 Å². The van der Waals surface area contributed by atoms with E-state index in [2.05, 4.69) is 5.32 Å². The molecule has 1 aromatic carbocycles. The molecule has 2 rings (SSSR count). The van der Waals surface area contributed by atoms with Gasteiger partial charge in [-0.1, -0.05) is 0 Å². The van der Waals surface area contributed by atoms with E-state index in [0.717, 1.165) is 5.75 Å². The van der Waals surface area contributed by atoms with Crippen LogP contribution in [-0.2, 0) is 9.59 Å². The minimum absolute atomic E-state index is 0.0712. The van der Waals surface area contributed by atoms with Crippen molar-refractivity contribution in [1.82, 2.24) is 5.32 Å². The van der Waals surface area contributed by atoms with E-state index in [4.69, 9.17) is 14.6 Å². The average molecular weight is 293 g/mol.